The van der Waals surface area contributed by atoms with E-state index < -0.39 is 5.97 Å². The van der Waals surface area contributed by atoms with Crippen LogP contribution in [-0.4, -0.2) is 25.6 Å². The first-order chi connectivity index (χ1) is 12.5. The molecule has 5 nitrogen and oxygen atoms in total. The standard InChI is InChI=1S/C19H15BrINO4/c1-3-25-17-9-11(4-7-16(17)24-2)8-15-19(23)26-18(22-15)12-5-6-14(21)13(20)10-12/h4-10H,3H2,1-2H3/b15-8-. The van der Waals surface area contributed by atoms with Crippen molar-refractivity contribution in [3.8, 4) is 11.5 Å². The van der Waals surface area contributed by atoms with Crippen LogP contribution in [0.1, 0.15) is 18.1 Å². The normalized spacial score (nSPS) is 15.0. The summed E-state index contributed by atoms with van der Waals surface area (Å²) in [6.45, 7) is 2.41. The SMILES string of the molecule is CCOc1cc(/C=C2\N=C(c3ccc(I)c(Br)c3)OC2=O)ccc1OC. The molecular weight excluding hydrogens is 513 g/mol. The smallest absolute Gasteiger partial charge is 0.363 e. The fraction of sp³-hybridized carbons (Fsp3) is 0.158. The summed E-state index contributed by atoms with van der Waals surface area (Å²) >= 11 is 5.68. The van der Waals surface area contributed by atoms with E-state index in [4.69, 9.17) is 14.2 Å². The fourth-order valence-electron chi connectivity index (χ4n) is 2.37. The lowest BCUT2D eigenvalue weighted by atomic mass is 10.1. The van der Waals surface area contributed by atoms with Crippen LogP contribution in [0.15, 0.2) is 51.6 Å². The molecule has 0 saturated heterocycles. The Bertz CT molecular complexity index is 924. The first-order valence-corrected chi connectivity index (χ1v) is 9.67. The minimum Gasteiger partial charge on any atom is -0.493 e. The molecule has 0 spiro atoms. The lowest BCUT2D eigenvalue weighted by molar-refractivity contribution is -0.129. The van der Waals surface area contributed by atoms with Gasteiger partial charge in [0.15, 0.2) is 17.2 Å². The van der Waals surface area contributed by atoms with Gasteiger partial charge in [-0.2, -0.15) is 0 Å². The Morgan fingerprint density at radius 2 is 2.04 bits per heavy atom. The molecule has 1 heterocycles. The summed E-state index contributed by atoms with van der Waals surface area (Å²) in [4.78, 5) is 16.5. The van der Waals surface area contributed by atoms with Gasteiger partial charge in [0, 0.05) is 13.6 Å². The van der Waals surface area contributed by atoms with Gasteiger partial charge in [0.25, 0.3) is 0 Å². The topological polar surface area (TPSA) is 57.1 Å². The highest BCUT2D eigenvalue weighted by atomic mass is 127. The van der Waals surface area contributed by atoms with Gasteiger partial charge in [0.2, 0.25) is 5.90 Å². The van der Waals surface area contributed by atoms with Crippen LogP contribution in [-0.2, 0) is 9.53 Å². The minimum absolute atomic E-state index is 0.238. The third kappa shape index (κ3) is 4.09. The summed E-state index contributed by atoms with van der Waals surface area (Å²) in [5, 5.41) is 0. The average molecular weight is 528 g/mol. The molecule has 0 atom stereocenters. The van der Waals surface area contributed by atoms with Crippen LogP contribution in [0.25, 0.3) is 6.08 Å². The Labute approximate surface area is 173 Å². The van der Waals surface area contributed by atoms with Crippen molar-refractivity contribution >= 4 is 56.5 Å². The van der Waals surface area contributed by atoms with Gasteiger partial charge in [0.05, 0.1) is 13.7 Å². The highest BCUT2D eigenvalue weighted by Gasteiger charge is 2.24. The molecule has 1 aliphatic heterocycles. The summed E-state index contributed by atoms with van der Waals surface area (Å²) in [7, 11) is 1.58. The lowest BCUT2D eigenvalue weighted by Crippen LogP contribution is -2.05. The Morgan fingerprint density at radius 1 is 1.23 bits per heavy atom. The van der Waals surface area contributed by atoms with Gasteiger partial charge in [-0.05, 0) is 87.4 Å². The van der Waals surface area contributed by atoms with Gasteiger partial charge in [0.1, 0.15) is 0 Å². The Hall–Kier alpha value is -1.87. The molecular formula is C19H15BrINO4. The largest absolute Gasteiger partial charge is 0.493 e. The molecule has 2 aromatic carbocycles. The highest BCUT2D eigenvalue weighted by Crippen LogP contribution is 2.30. The molecule has 3 rings (SSSR count). The Balaban J connectivity index is 1.93. The van der Waals surface area contributed by atoms with E-state index in [1.807, 2.05) is 31.2 Å². The number of esters is 1. The molecule has 7 heteroatoms. The van der Waals surface area contributed by atoms with Crippen LogP contribution < -0.4 is 9.47 Å². The van der Waals surface area contributed by atoms with E-state index in [-0.39, 0.29) is 11.6 Å². The van der Waals surface area contributed by atoms with E-state index in [1.54, 1.807) is 25.3 Å². The van der Waals surface area contributed by atoms with Gasteiger partial charge >= 0.3 is 5.97 Å². The lowest BCUT2D eigenvalue weighted by Gasteiger charge is -2.09. The molecule has 0 amide bonds. The Kier molecular flexibility index (Phi) is 5.98. The maximum atomic E-state index is 12.2. The van der Waals surface area contributed by atoms with Crippen LogP contribution in [0, 0.1) is 3.57 Å². The zero-order valence-corrected chi connectivity index (χ0v) is 17.8. The molecule has 26 heavy (non-hydrogen) atoms. The summed E-state index contributed by atoms with van der Waals surface area (Å²) in [5.41, 5.74) is 1.75. The summed E-state index contributed by atoms with van der Waals surface area (Å²) < 4.78 is 18.1. The number of cyclic esters (lactones) is 1. The van der Waals surface area contributed by atoms with E-state index in [9.17, 15) is 4.79 Å². The van der Waals surface area contributed by atoms with Crippen LogP contribution in [0.4, 0.5) is 0 Å². The first kappa shape index (κ1) is 18.9. The van der Waals surface area contributed by atoms with Gasteiger partial charge in [-0.1, -0.05) is 6.07 Å². The summed E-state index contributed by atoms with van der Waals surface area (Å²) in [6.07, 6.45) is 1.67. The van der Waals surface area contributed by atoms with Gasteiger partial charge in [-0.3, -0.25) is 0 Å². The van der Waals surface area contributed by atoms with Crippen molar-refractivity contribution in [2.45, 2.75) is 6.92 Å². The second-order valence-electron chi connectivity index (χ2n) is 5.31. The second-order valence-corrected chi connectivity index (χ2v) is 7.32. The molecule has 0 N–H and O–H groups in total. The number of aliphatic imine (C=N–C) groups is 1. The molecule has 0 fully saturated rings. The number of rotatable bonds is 5. The fourth-order valence-corrected chi connectivity index (χ4v) is 3.09. The third-order valence-corrected chi connectivity index (χ3v) is 5.92. The number of benzene rings is 2. The molecule has 0 bridgehead atoms. The van der Waals surface area contributed by atoms with E-state index >= 15 is 0 Å². The highest BCUT2D eigenvalue weighted by molar-refractivity contribution is 14.1. The number of hydrogen-bond acceptors (Lipinski definition) is 5. The molecule has 134 valence electrons. The molecule has 1 aliphatic rings. The average Bonchev–Trinajstić information content (AvgIpc) is 2.98. The van der Waals surface area contributed by atoms with Gasteiger partial charge < -0.3 is 14.2 Å². The summed E-state index contributed by atoms with van der Waals surface area (Å²) in [6, 6.07) is 11.1. The number of nitrogens with zero attached hydrogens (tertiary/aromatic N) is 1. The number of methoxy groups -OCH3 is 1. The van der Waals surface area contributed by atoms with Gasteiger partial charge in [-0.15, -0.1) is 0 Å². The van der Waals surface area contributed by atoms with Crippen molar-refractivity contribution in [2.75, 3.05) is 13.7 Å². The minimum atomic E-state index is -0.483. The van der Waals surface area contributed by atoms with E-state index in [2.05, 4.69) is 43.5 Å². The zero-order valence-electron chi connectivity index (χ0n) is 14.1. The monoisotopic (exact) mass is 527 g/mol. The maximum absolute atomic E-state index is 12.2. The quantitative estimate of drug-likeness (QED) is 0.318. The predicted octanol–water partition coefficient (Wildman–Crippen LogP) is 4.81. The number of halogens is 2. The Morgan fingerprint density at radius 3 is 2.73 bits per heavy atom. The van der Waals surface area contributed by atoms with Crippen LogP contribution in [0.2, 0.25) is 0 Å². The third-order valence-electron chi connectivity index (χ3n) is 3.58. The van der Waals surface area contributed by atoms with Crippen LogP contribution in [0.5, 0.6) is 11.5 Å². The first-order valence-electron chi connectivity index (χ1n) is 7.80. The molecule has 0 saturated carbocycles. The van der Waals surface area contributed by atoms with Gasteiger partial charge in [-0.25, -0.2) is 9.79 Å². The molecule has 0 aromatic heterocycles. The number of ether oxygens (including phenoxy) is 3. The van der Waals surface area contributed by atoms with Crippen molar-refractivity contribution in [3.05, 3.63) is 61.3 Å². The van der Waals surface area contributed by atoms with Crippen molar-refractivity contribution < 1.29 is 19.0 Å². The number of hydrogen-bond donors (Lipinski definition) is 0. The predicted molar refractivity (Wildman–Crippen MR) is 112 cm³/mol. The van der Waals surface area contributed by atoms with E-state index in [0.29, 0.717) is 18.1 Å². The number of carbonyl (C=O) groups excluding carboxylic acids is 1. The van der Waals surface area contributed by atoms with E-state index in [0.717, 1.165) is 19.2 Å². The molecule has 0 radical (unpaired) electrons. The van der Waals surface area contributed by atoms with E-state index in [1.165, 1.54) is 0 Å². The molecule has 0 unspecified atom stereocenters. The van der Waals surface area contributed by atoms with Crippen molar-refractivity contribution in [2.24, 2.45) is 4.99 Å². The molecule has 0 aliphatic carbocycles. The van der Waals surface area contributed by atoms with Crippen LogP contribution in [0.3, 0.4) is 0 Å². The number of carbonyl (C=O) groups is 1. The van der Waals surface area contributed by atoms with Crippen molar-refractivity contribution in [1.29, 1.82) is 0 Å². The van der Waals surface area contributed by atoms with Crippen LogP contribution >= 0.6 is 38.5 Å². The second kappa shape index (κ2) is 8.22. The van der Waals surface area contributed by atoms with Crippen molar-refractivity contribution in [3.63, 3.8) is 0 Å². The maximum Gasteiger partial charge on any atom is 0.363 e. The molecule has 2 aromatic rings. The zero-order chi connectivity index (χ0) is 18.7. The summed E-state index contributed by atoms with van der Waals surface area (Å²) in [5.74, 6) is 1.05. The van der Waals surface area contributed by atoms with Crippen molar-refractivity contribution in [1.82, 2.24) is 0 Å².